The molecule has 0 spiro atoms. The molecule has 0 radical (unpaired) electrons. The molecule has 0 saturated heterocycles. The third kappa shape index (κ3) is 1.81. The molecule has 0 unspecified atom stereocenters. The molecule has 0 aromatic rings. The first kappa shape index (κ1) is 14.2. The fraction of sp³-hybridized carbons (Fsp3) is 0. The summed E-state index contributed by atoms with van der Waals surface area (Å²) in [4.78, 5) is 47.8. The van der Waals surface area contributed by atoms with E-state index in [1.807, 2.05) is 0 Å². The van der Waals surface area contributed by atoms with E-state index in [1.165, 1.54) is 0 Å². The minimum atomic E-state index is -0.688. The van der Waals surface area contributed by atoms with E-state index in [9.17, 15) is 19.2 Å². The van der Waals surface area contributed by atoms with Gasteiger partial charge >= 0.3 is 0 Å². The quantitative estimate of drug-likeness (QED) is 0.550. The van der Waals surface area contributed by atoms with Crippen LogP contribution in [0.5, 0.6) is 0 Å². The first-order valence-electron chi connectivity index (χ1n) is 4.32. The monoisotopic (exact) mass is 500 g/mol. The highest BCUT2D eigenvalue weighted by molar-refractivity contribution is 9.13. The van der Waals surface area contributed by atoms with Crippen LogP contribution < -0.4 is 21.7 Å². The topological polar surface area (TPSA) is 68.3 Å². The number of rotatable bonds is 0. The highest BCUT2D eigenvalue weighted by Gasteiger charge is 2.19. The minimum Gasteiger partial charge on any atom is -0.288 e. The lowest BCUT2D eigenvalue weighted by Gasteiger charge is -1.98. The van der Waals surface area contributed by atoms with E-state index >= 15 is 0 Å². The summed E-state index contributed by atoms with van der Waals surface area (Å²) >= 11 is 11.7. The zero-order valence-corrected chi connectivity index (χ0v) is 14.5. The number of hydrogen-bond donors (Lipinski definition) is 0. The molecule has 0 N–H and O–H groups in total. The fourth-order valence-electron chi connectivity index (χ4n) is 1.50. The fourth-order valence-corrected chi connectivity index (χ4v) is 3.01. The molecule has 0 aromatic carbocycles. The van der Waals surface area contributed by atoms with Gasteiger partial charge in [-0.1, -0.05) is 0 Å². The molecule has 0 bridgehead atoms. The molecular formula is C10Br4O4. The van der Waals surface area contributed by atoms with Gasteiger partial charge in [0.2, 0.25) is 21.7 Å². The molecule has 4 nitrogen and oxygen atoms in total. The van der Waals surface area contributed by atoms with Crippen LogP contribution in [0.15, 0.2) is 37.1 Å². The summed E-state index contributed by atoms with van der Waals surface area (Å²) in [6.45, 7) is 0. The van der Waals surface area contributed by atoms with Crippen LogP contribution in [0, 0.1) is 10.4 Å². The zero-order valence-electron chi connectivity index (χ0n) is 8.14. The molecule has 0 amide bonds. The minimum absolute atomic E-state index is 0.0641. The van der Waals surface area contributed by atoms with E-state index in [4.69, 9.17) is 0 Å². The average molecular weight is 504 g/mol. The van der Waals surface area contributed by atoms with Crippen molar-refractivity contribution in [3.63, 3.8) is 0 Å². The molecule has 92 valence electrons. The number of halogens is 4. The predicted octanol–water partition coefficient (Wildman–Crippen LogP) is 1.78. The largest absolute Gasteiger partial charge is 0.288 e. The molecule has 0 saturated carbocycles. The van der Waals surface area contributed by atoms with Crippen LogP contribution in [-0.2, 0) is 0 Å². The van der Waals surface area contributed by atoms with E-state index in [2.05, 4.69) is 63.7 Å². The second-order valence-corrected chi connectivity index (χ2v) is 6.49. The Bertz CT molecular complexity index is 789. The van der Waals surface area contributed by atoms with Crippen LogP contribution >= 0.6 is 63.7 Å². The zero-order chi connectivity index (χ0) is 13.8. The molecule has 0 aliphatic heterocycles. The Kier molecular flexibility index (Phi) is 3.74. The van der Waals surface area contributed by atoms with E-state index in [0.717, 1.165) is 0 Å². The smallest absolute Gasteiger partial charge is 0.206 e. The Labute approximate surface area is 132 Å². The van der Waals surface area contributed by atoms with Crippen LogP contribution in [-0.4, -0.2) is 0 Å². The molecule has 8 heteroatoms. The lowest BCUT2D eigenvalue weighted by Crippen LogP contribution is -2.30. The molecule has 0 aromatic heterocycles. The lowest BCUT2D eigenvalue weighted by atomic mass is 10.1. The molecule has 0 heterocycles. The van der Waals surface area contributed by atoms with Crippen molar-refractivity contribution in [1.29, 1.82) is 0 Å². The maximum absolute atomic E-state index is 11.9. The van der Waals surface area contributed by atoms with Gasteiger partial charge in [-0.25, -0.2) is 0 Å². The van der Waals surface area contributed by atoms with Crippen molar-refractivity contribution in [2.24, 2.45) is 0 Å². The summed E-state index contributed by atoms with van der Waals surface area (Å²) in [7, 11) is 0. The molecule has 2 aliphatic rings. The van der Waals surface area contributed by atoms with Crippen molar-refractivity contribution in [2.45, 2.75) is 0 Å². The van der Waals surface area contributed by atoms with Gasteiger partial charge in [0.05, 0.1) is 28.3 Å². The van der Waals surface area contributed by atoms with Crippen molar-refractivity contribution in [2.75, 3.05) is 0 Å². The summed E-state index contributed by atoms with van der Waals surface area (Å²) in [5.41, 5.74) is -2.75. The van der Waals surface area contributed by atoms with E-state index in [1.54, 1.807) is 0 Å². The molecule has 2 rings (SSSR count). The molecule has 0 fully saturated rings. The summed E-state index contributed by atoms with van der Waals surface area (Å²) < 4.78 is -0.257. The standard InChI is InChI=1S/C10Br4O4/c11-3-5(13)9(17)2-1(7(3)15)8(16)4(12)6(14)10(2)18. The first-order valence-corrected chi connectivity index (χ1v) is 7.49. The van der Waals surface area contributed by atoms with Gasteiger partial charge in [0, 0.05) is 0 Å². The molecule has 0 atom stereocenters. The van der Waals surface area contributed by atoms with Gasteiger partial charge in [0.1, 0.15) is 0 Å². The number of hydrogen-bond acceptors (Lipinski definition) is 4. The summed E-state index contributed by atoms with van der Waals surface area (Å²) in [5, 5.41) is -0.815. The molecule has 18 heavy (non-hydrogen) atoms. The van der Waals surface area contributed by atoms with E-state index in [0.29, 0.717) is 0 Å². The van der Waals surface area contributed by atoms with Crippen molar-refractivity contribution in [1.82, 2.24) is 0 Å². The van der Waals surface area contributed by atoms with Crippen molar-refractivity contribution in [3.05, 3.63) is 69.2 Å². The van der Waals surface area contributed by atoms with Gasteiger partial charge in [-0.3, -0.25) is 19.2 Å². The Morgan fingerprint density at radius 3 is 0.778 bits per heavy atom. The SMILES string of the molecule is O=c1c(Br)c(Br)c(=O)c2c(=O)c(Br)c(Br)c(=O)c1=2. The van der Waals surface area contributed by atoms with Crippen molar-refractivity contribution in [3.8, 4) is 0 Å². The second kappa shape index (κ2) is 4.73. The van der Waals surface area contributed by atoms with Gasteiger partial charge < -0.3 is 0 Å². The van der Waals surface area contributed by atoms with Crippen LogP contribution in [0.1, 0.15) is 0 Å². The third-order valence-electron chi connectivity index (χ3n) is 2.34. The average Bonchev–Trinajstić information content (AvgIpc) is 2.35. The molecule has 2 aliphatic carbocycles. The van der Waals surface area contributed by atoms with Gasteiger partial charge in [-0.15, -0.1) is 0 Å². The Hall–Kier alpha value is -0.180. The Morgan fingerprint density at radius 1 is 0.444 bits per heavy atom. The molecular weight excluding hydrogens is 504 g/mol. The van der Waals surface area contributed by atoms with Crippen LogP contribution in [0.3, 0.4) is 0 Å². The highest BCUT2D eigenvalue weighted by atomic mass is 79.9. The van der Waals surface area contributed by atoms with Gasteiger partial charge in [0.15, 0.2) is 0 Å². The lowest BCUT2D eigenvalue weighted by molar-refractivity contribution is 1.21. The Balaban J connectivity index is 3.58. The normalized spacial score (nSPS) is 11.1. The van der Waals surface area contributed by atoms with Gasteiger partial charge in [0.25, 0.3) is 0 Å². The summed E-state index contributed by atoms with van der Waals surface area (Å²) in [6, 6.07) is 0. The maximum atomic E-state index is 11.9. The Morgan fingerprint density at radius 2 is 0.611 bits per heavy atom. The van der Waals surface area contributed by atoms with Crippen molar-refractivity contribution < 1.29 is 0 Å². The van der Waals surface area contributed by atoms with Crippen molar-refractivity contribution >= 4 is 63.7 Å². The van der Waals surface area contributed by atoms with Crippen LogP contribution in [0.25, 0.3) is 0 Å². The summed E-state index contributed by atoms with van der Waals surface area (Å²) in [5.74, 6) is 0. The van der Waals surface area contributed by atoms with Crippen LogP contribution in [0.2, 0.25) is 0 Å². The highest BCUT2D eigenvalue weighted by Crippen LogP contribution is 2.17. The maximum Gasteiger partial charge on any atom is 0.206 e. The second-order valence-electron chi connectivity index (χ2n) is 3.32. The van der Waals surface area contributed by atoms with E-state index in [-0.39, 0.29) is 17.9 Å². The van der Waals surface area contributed by atoms with Crippen LogP contribution in [0.4, 0.5) is 0 Å². The summed E-state index contributed by atoms with van der Waals surface area (Å²) in [6.07, 6.45) is 0. The van der Waals surface area contributed by atoms with E-state index < -0.39 is 32.2 Å². The van der Waals surface area contributed by atoms with Gasteiger partial charge in [-0.2, -0.15) is 0 Å². The first-order chi connectivity index (χ1) is 8.29. The predicted molar refractivity (Wildman–Crippen MR) is 80.0 cm³/mol. The third-order valence-corrected chi connectivity index (χ3v) is 6.43. The van der Waals surface area contributed by atoms with Gasteiger partial charge in [-0.05, 0) is 63.7 Å².